The van der Waals surface area contributed by atoms with E-state index < -0.39 is 0 Å². The first-order chi connectivity index (χ1) is 9.56. The molecule has 0 unspecified atom stereocenters. The molecule has 2 aromatic rings. The Hall–Kier alpha value is -1.71. The largest absolute Gasteiger partial charge is 0.497 e. The molecule has 0 aliphatic carbocycles. The van der Waals surface area contributed by atoms with E-state index >= 15 is 0 Å². The number of anilines is 1. The molecule has 0 saturated carbocycles. The van der Waals surface area contributed by atoms with Crippen LogP contribution in [0, 0.1) is 0 Å². The number of nitrogens with zero attached hydrogens (tertiary/aromatic N) is 1. The van der Waals surface area contributed by atoms with Crippen LogP contribution in [0.2, 0.25) is 5.02 Å². The number of nitrogens with two attached hydrogens (primary N) is 1. The van der Waals surface area contributed by atoms with Crippen molar-refractivity contribution in [2.24, 2.45) is 0 Å². The molecular weight excluding hydrogens is 272 g/mol. The highest BCUT2D eigenvalue weighted by molar-refractivity contribution is 6.30. The fraction of sp³-hybridized carbons (Fsp3) is 0.250. The highest BCUT2D eigenvalue weighted by atomic mass is 35.5. The van der Waals surface area contributed by atoms with Crippen LogP contribution in [0.1, 0.15) is 11.1 Å². The van der Waals surface area contributed by atoms with Gasteiger partial charge in [-0.1, -0.05) is 23.7 Å². The van der Waals surface area contributed by atoms with E-state index in [1.165, 1.54) is 5.56 Å². The second-order valence-corrected chi connectivity index (χ2v) is 5.35. The molecular formula is C16H19ClN2O. The van der Waals surface area contributed by atoms with E-state index in [-0.39, 0.29) is 0 Å². The predicted octanol–water partition coefficient (Wildman–Crippen LogP) is 3.56. The SMILES string of the molecule is COc1cc(N)cc(CN(C)Cc2ccc(Cl)cc2)c1. The van der Waals surface area contributed by atoms with Crippen LogP contribution in [0.15, 0.2) is 42.5 Å². The Bertz CT molecular complexity index is 569. The zero-order valence-corrected chi connectivity index (χ0v) is 12.5. The summed E-state index contributed by atoms with van der Waals surface area (Å²) in [5.74, 6) is 0.792. The maximum absolute atomic E-state index is 5.89. The molecule has 2 aromatic carbocycles. The number of rotatable bonds is 5. The van der Waals surface area contributed by atoms with E-state index in [0.29, 0.717) is 0 Å². The molecule has 0 bridgehead atoms. The number of hydrogen-bond donors (Lipinski definition) is 1. The minimum atomic E-state index is 0.722. The van der Waals surface area contributed by atoms with Crippen molar-refractivity contribution in [1.82, 2.24) is 4.90 Å². The lowest BCUT2D eigenvalue weighted by Gasteiger charge is -2.17. The van der Waals surface area contributed by atoms with Crippen LogP contribution in [-0.4, -0.2) is 19.1 Å². The molecule has 0 radical (unpaired) electrons. The molecule has 106 valence electrons. The summed E-state index contributed by atoms with van der Waals surface area (Å²) in [5, 5.41) is 0.761. The van der Waals surface area contributed by atoms with E-state index in [1.54, 1.807) is 7.11 Å². The first-order valence-electron chi connectivity index (χ1n) is 6.43. The Morgan fingerprint density at radius 2 is 1.70 bits per heavy atom. The topological polar surface area (TPSA) is 38.5 Å². The summed E-state index contributed by atoms with van der Waals surface area (Å²) in [6.45, 7) is 1.66. The number of nitrogen functional groups attached to an aromatic ring is 1. The molecule has 0 aromatic heterocycles. The molecule has 0 heterocycles. The van der Waals surface area contributed by atoms with Gasteiger partial charge in [0.05, 0.1) is 7.11 Å². The average molecular weight is 291 g/mol. The van der Waals surface area contributed by atoms with E-state index in [0.717, 1.165) is 35.1 Å². The predicted molar refractivity (Wildman–Crippen MR) is 84.0 cm³/mol. The second-order valence-electron chi connectivity index (χ2n) is 4.91. The van der Waals surface area contributed by atoms with Gasteiger partial charge in [0.15, 0.2) is 0 Å². The highest BCUT2D eigenvalue weighted by Crippen LogP contribution is 2.20. The van der Waals surface area contributed by atoms with Crippen LogP contribution in [-0.2, 0) is 13.1 Å². The van der Waals surface area contributed by atoms with E-state index in [2.05, 4.69) is 11.9 Å². The zero-order chi connectivity index (χ0) is 14.5. The van der Waals surface area contributed by atoms with Crippen LogP contribution in [0.25, 0.3) is 0 Å². The van der Waals surface area contributed by atoms with Crippen LogP contribution in [0.4, 0.5) is 5.69 Å². The fourth-order valence-corrected chi connectivity index (χ4v) is 2.29. The van der Waals surface area contributed by atoms with Gasteiger partial charge in [0.1, 0.15) is 5.75 Å². The standard InChI is InChI=1S/C16H19ClN2O/c1-19(10-12-3-5-14(17)6-4-12)11-13-7-15(18)9-16(8-13)20-2/h3-9H,10-11,18H2,1-2H3. The van der Waals surface area contributed by atoms with Gasteiger partial charge >= 0.3 is 0 Å². The molecule has 2 rings (SSSR count). The van der Waals surface area contributed by atoms with E-state index in [4.69, 9.17) is 22.1 Å². The van der Waals surface area contributed by atoms with Gasteiger partial charge in [0.2, 0.25) is 0 Å². The third-order valence-corrected chi connectivity index (χ3v) is 3.29. The summed E-state index contributed by atoms with van der Waals surface area (Å²) in [7, 11) is 3.72. The molecule has 0 fully saturated rings. The van der Waals surface area contributed by atoms with Gasteiger partial charge < -0.3 is 10.5 Å². The van der Waals surface area contributed by atoms with Crippen molar-refractivity contribution < 1.29 is 4.74 Å². The lowest BCUT2D eigenvalue weighted by molar-refractivity contribution is 0.318. The summed E-state index contributed by atoms with van der Waals surface area (Å²) in [6.07, 6.45) is 0. The Morgan fingerprint density at radius 3 is 2.35 bits per heavy atom. The number of hydrogen-bond acceptors (Lipinski definition) is 3. The minimum Gasteiger partial charge on any atom is -0.497 e. The summed E-state index contributed by atoms with van der Waals surface area (Å²) in [5.41, 5.74) is 8.96. The van der Waals surface area contributed by atoms with Crippen LogP contribution < -0.4 is 10.5 Å². The maximum atomic E-state index is 5.89. The van der Waals surface area contributed by atoms with Crippen LogP contribution in [0.5, 0.6) is 5.75 Å². The van der Waals surface area contributed by atoms with Crippen LogP contribution in [0.3, 0.4) is 0 Å². The van der Waals surface area contributed by atoms with Crippen molar-refractivity contribution >= 4 is 17.3 Å². The summed E-state index contributed by atoms with van der Waals surface area (Å²) >= 11 is 5.89. The third kappa shape index (κ3) is 4.15. The fourth-order valence-electron chi connectivity index (χ4n) is 2.16. The Kier molecular flexibility index (Phi) is 4.88. The van der Waals surface area contributed by atoms with Gasteiger partial charge in [0.25, 0.3) is 0 Å². The van der Waals surface area contributed by atoms with Gasteiger partial charge in [-0.3, -0.25) is 4.90 Å². The zero-order valence-electron chi connectivity index (χ0n) is 11.8. The van der Waals surface area contributed by atoms with Crippen molar-refractivity contribution in [1.29, 1.82) is 0 Å². The Morgan fingerprint density at radius 1 is 1.05 bits per heavy atom. The molecule has 3 nitrogen and oxygen atoms in total. The Labute approximate surface area is 124 Å². The highest BCUT2D eigenvalue weighted by Gasteiger charge is 2.04. The lowest BCUT2D eigenvalue weighted by atomic mass is 10.1. The molecule has 0 amide bonds. The smallest absolute Gasteiger partial charge is 0.121 e. The van der Waals surface area contributed by atoms with Crippen molar-refractivity contribution in [3.05, 3.63) is 58.6 Å². The summed E-state index contributed by atoms with van der Waals surface area (Å²) < 4.78 is 5.24. The number of halogens is 1. The second kappa shape index (κ2) is 6.64. The normalized spacial score (nSPS) is 10.8. The van der Waals surface area contributed by atoms with Crippen molar-refractivity contribution in [3.8, 4) is 5.75 Å². The lowest BCUT2D eigenvalue weighted by Crippen LogP contribution is -2.17. The molecule has 20 heavy (non-hydrogen) atoms. The van der Waals surface area contributed by atoms with Crippen molar-refractivity contribution in [2.75, 3.05) is 19.9 Å². The average Bonchev–Trinajstić information content (AvgIpc) is 2.40. The molecule has 0 atom stereocenters. The summed E-state index contributed by atoms with van der Waals surface area (Å²) in [6, 6.07) is 13.7. The molecule has 0 aliphatic heterocycles. The number of benzene rings is 2. The van der Waals surface area contributed by atoms with E-state index in [1.807, 2.05) is 42.5 Å². The molecule has 0 saturated heterocycles. The first-order valence-corrected chi connectivity index (χ1v) is 6.81. The van der Waals surface area contributed by atoms with Gasteiger partial charge in [-0.05, 0) is 42.4 Å². The number of ether oxygens (including phenoxy) is 1. The molecule has 2 N–H and O–H groups in total. The maximum Gasteiger partial charge on any atom is 0.121 e. The van der Waals surface area contributed by atoms with Gasteiger partial charge in [-0.25, -0.2) is 0 Å². The molecule has 0 spiro atoms. The monoisotopic (exact) mass is 290 g/mol. The van der Waals surface area contributed by atoms with Crippen molar-refractivity contribution in [3.63, 3.8) is 0 Å². The third-order valence-electron chi connectivity index (χ3n) is 3.04. The molecule has 0 aliphatic rings. The Balaban J connectivity index is 2.02. The first kappa shape index (κ1) is 14.7. The van der Waals surface area contributed by atoms with E-state index in [9.17, 15) is 0 Å². The summed E-state index contributed by atoms with van der Waals surface area (Å²) in [4.78, 5) is 2.22. The minimum absolute atomic E-state index is 0.722. The van der Waals surface area contributed by atoms with Gasteiger partial charge in [-0.15, -0.1) is 0 Å². The van der Waals surface area contributed by atoms with Gasteiger partial charge in [0, 0.05) is 29.9 Å². The quantitative estimate of drug-likeness (QED) is 0.856. The van der Waals surface area contributed by atoms with Gasteiger partial charge in [-0.2, -0.15) is 0 Å². The molecule has 4 heteroatoms. The van der Waals surface area contributed by atoms with Crippen molar-refractivity contribution in [2.45, 2.75) is 13.1 Å². The number of methoxy groups -OCH3 is 1. The van der Waals surface area contributed by atoms with Crippen LogP contribution >= 0.6 is 11.6 Å².